The molecular formula is C52H40N6. The number of hydrogen-bond donors (Lipinski definition) is 0. The molecule has 10 aromatic rings. The molecule has 10 rings (SSSR count). The van der Waals surface area contributed by atoms with Crippen molar-refractivity contribution >= 4 is 11.3 Å². The molecule has 0 saturated heterocycles. The molecule has 6 nitrogen and oxygen atoms in total. The lowest BCUT2D eigenvalue weighted by Gasteiger charge is -2.13. The smallest absolute Gasteiger partial charge is 0.160 e. The van der Waals surface area contributed by atoms with E-state index in [1.165, 1.54) is 5.56 Å². The quantitative estimate of drug-likeness (QED) is 0.147. The second-order valence-corrected chi connectivity index (χ2v) is 15.1. The van der Waals surface area contributed by atoms with Gasteiger partial charge in [-0.05, 0) is 60.4 Å². The van der Waals surface area contributed by atoms with E-state index < -0.39 is 0 Å². The van der Waals surface area contributed by atoms with Crippen LogP contribution in [0, 0.1) is 5.92 Å². The predicted octanol–water partition coefficient (Wildman–Crippen LogP) is 12.6. The molecule has 5 aromatic carbocycles. The molecule has 5 aromatic heterocycles. The van der Waals surface area contributed by atoms with E-state index in [0.717, 1.165) is 90.8 Å². The number of imidazole rings is 2. The van der Waals surface area contributed by atoms with Gasteiger partial charge in [-0.15, -0.1) is 0 Å². The third kappa shape index (κ3) is 6.65. The van der Waals surface area contributed by atoms with Crippen LogP contribution >= 0.6 is 0 Å². The second kappa shape index (κ2) is 14.9. The number of nitrogens with zero attached hydrogens (tertiary/aromatic N) is 6. The Hall–Kier alpha value is -7.44. The van der Waals surface area contributed by atoms with E-state index in [0.29, 0.717) is 11.7 Å². The van der Waals surface area contributed by atoms with Gasteiger partial charge in [0.2, 0.25) is 0 Å². The second-order valence-electron chi connectivity index (χ2n) is 15.1. The summed E-state index contributed by atoms with van der Waals surface area (Å²) in [5.74, 6) is 1.25. The maximum atomic E-state index is 5.27. The molecule has 58 heavy (non-hydrogen) atoms. The Balaban J connectivity index is 1.13. The minimum Gasteiger partial charge on any atom is -0.299 e. The molecule has 0 bridgehead atoms. The Morgan fingerprint density at radius 2 is 0.845 bits per heavy atom. The predicted molar refractivity (Wildman–Crippen MR) is 236 cm³/mol. The van der Waals surface area contributed by atoms with Crippen LogP contribution in [0.2, 0.25) is 0 Å². The van der Waals surface area contributed by atoms with E-state index in [2.05, 4.69) is 187 Å². The van der Waals surface area contributed by atoms with Crippen molar-refractivity contribution in [3.8, 4) is 78.9 Å². The highest BCUT2D eigenvalue weighted by Gasteiger charge is 2.20. The van der Waals surface area contributed by atoms with Crippen molar-refractivity contribution in [1.29, 1.82) is 0 Å². The standard InChI is InChI=1S/C52H40N6/c1-35(2)31-36-25-27-39(28-26-36)52-53-44(40-19-13-21-42(32-40)50-48(37-15-5-3-6-16-37)55-46-23-9-11-29-57(46)50)34-45(54-52)41-20-14-22-43(33-41)51-49(38-17-7-4-8-18-38)56-47-24-10-12-30-58(47)51/h3-30,32-35H,31H2,1-2H3. The van der Waals surface area contributed by atoms with Crippen LogP contribution in [0.3, 0.4) is 0 Å². The molecule has 0 spiro atoms. The van der Waals surface area contributed by atoms with Gasteiger partial charge < -0.3 is 0 Å². The van der Waals surface area contributed by atoms with Gasteiger partial charge in [0.1, 0.15) is 11.3 Å². The van der Waals surface area contributed by atoms with E-state index in [9.17, 15) is 0 Å². The van der Waals surface area contributed by atoms with Gasteiger partial charge in [0, 0.05) is 51.3 Å². The van der Waals surface area contributed by atoms with Crippen molar-refractivity contribution in [2.24, 2.45) is 5.92 Å². The lowest BCUT2D eigenvalue weighted by atomic mass is 9.99. The first kappa shape index (κ1) is 35.0. The molecular weight excluding hydrogens is 709 g/mol. The van der Waals surface area contributed by atoms with E-state index in [1.54, 1.807) is 0 Å². The molecule has 0 radical (unpaired) electrons. The molecule has 5 heterocycles. The molecule has 278 valence electrons. The maximum absolute atomic E-state index is 5.27. The van der Waals surface area contributed by atoms with Crippen LogP contribution < -0.4 is 0 Å². The summed E-state index contributed by atoms with van der Waals surface area (Å²) >= 11 is 0. The van der Waals surface area contributed by atoms with Crippen LogP contribution in [-0.4, -0.2) is 28.7 Å². The number of benzene rings is 5. The van der Waals surface area contributed by atoms with Crippen LogP contribution in [0.25, 0.3) is 90.2 Å². The van der Waals surface area contributed by atoms with Gasteiger partial charge in [-0.2, -0.15) is 0 Å². The molecule has 0 aliphatic rings. The van der Waals surface area contributed by atoms with Gasteiger partial charge in [-0.1, -0.05) is 147 Å². The summed E-state index contributed by atoms with van der Waals surface area (Å²) in [6.07, 6.45) is 5.19. The Kier molecular flexibility index (Phi) is 8.99. The van der Waals surface area contributed by atoms with E-state index in [-0.39, 0.29) is 0 Å². The summed E-state index contributed by atoms with van der Waals surface area (Å²) in [4.78, 5) is 20.7. The van der Waals surface area contributed by atoms with Crippen LogP contribution in [-0.2, 0) is 6.42 Å². The van der Waals surface area contributed by atoms with Crippen molar-refractivity contribution < 1.29 is 0 Å². The average molecular weight is 749 g/mol. The lowest BCUT2D eigenvalue weighted by molar-refractivity contribution is 0.647. The summed E-state index contributed by atoms with van der Waals surface area (Å²) in [7, 11) is 0. The molecule has 0 amide bonds. The Labute approximate surface area is 337 Å². The molecule has 6 heteroatoms. The minimum atomic E-state index is 0.571. The van der Waals surface area contributed by atoms with Crippen LogP contribution in [0.5, 0.6) is 0 Å². The van der Waals surface area contributed by atoms with Gasteiger partial charge in [0.05, 0.1) is 34.2 Å². The monoisotopic (exact) mass is 748 g/mol. The van der Waals surface area contributed by atoms with E-state index in [1.807, 2.05) is 24.3 Å². The average Bonchev–Trinajstić information content (AvgIpc) is 3.87. The van der Waals surface area contributed by atoms with Crippen molar-refractivity contribution in [2.75, 3.05) is 0 Å². The summed E-state index contributed by atoms with van der Waals surface area (Å²) in [6, 6.07) is 61.2. The molecule has 0 aliphatic carbocycles. The first-order chi connectivity index (χ1) is 28.6. The zero-order valence-corrected chi connectivity index (χ0v) is 32.4. The minimum absolute atomic E-state index is 0.571. The summed E-state index contributed by atoms with van der Waals surface area (Å²) in [5, 5.41) is 0. The SMILES string of the molecule is CC(C)Cc1ccc(-c2nc(-c3cccc(-c4c(-c5ccccc5)nc5ccccn45)c3)cc(-c3cccc(-c4c(-c5ccccc5)nc5ccccn45)c3)n2)cc1. The fourth-order valence-corrected chi connectivity index (χ4v) is 7.92. The molecule has 0 unspecified atom stereocenters. The Morgan fingerprint density at radius 1 is 0.397 bits per heavy atom. The van der Waals surface area contributed by atoms with E-state index in [4.69, 9.17) is 19.9 Å². The summed E-state index contributed by atoms with van der Waals surface area (Å²) in [6.45, 7) is 4.50. The van der Waals surface area contributed by atoms with Crippen molar-refractivity contribution in [3.05, 3.63) is 194 Å². The number of hydrogen-bond acceptors (Lipinski definition) is 4. The van der Waals surface area contributed by atoms with Gasteiger partial charge in [0.25, 0.3) is 0 Å². The molecule has 0 saturated carbocycles. The van der Waals surface area contributed by atoms with Gasteiger partial charge >= 0.3 is 0 Å². The highest BCUT2D eigenvalue weighted by atomic mass is 15.0. The lowest BCUT2D eigenvalue weighted by Crippen LogP contribution is -1.98. The third-order valence-corrected chi connectivity index (χ3v) is 10.6. The number of rotatable bonds is 9. The highest BCUT2D eigenvalue weighted by Crippen LogP contribution is 2.38. The molecule has 0 N–H and O–H groups in total. The maximum Gasteiger partial charge on any atom is 0.160 e. The zero-order valence-electron chi connectivity index (χ0n) is 32.4. The molecule has 0 atom stereocenters. The fraction of sp³-hybridized carbons (Fsp3) is 0.0769. The zero-order chi connectivity index (χ0) is 39.0. The van der Waals surface area contributed by atoms with Gasteiger partial charge in [-0.3, -0.25) is 8.80 Å². The third-order valence-electron chi connectivity index (χ3n) is 10.6. The van der Waals surface area contributed by atoms with Crippen molar-refractivity contribution in [3.63, 3.8) is 0 Å². The Bertz CT molecular complexity index is 2870. The Morgan fingerprint density at radius 3 is 1.33 bits per heavy atom. The first-order valence-corrected chi connectivity index (χ1v) is 19.8. The number of fused-ring (bicyclic) bond motifs is 2. The van der Waals surface area contributed by atoms with E-state index >= 15 is 0 Å². The molecule has 0 fully saturated rings. The first-order valence-electron chi connectivity index (χ1n) is 19.8. The highest BCUT2D eigenvalue weighted by molar-refractivity contribution is 5.86. The van der Waals surface area contributed by atoms with Crippen molar-refractivity contribution in [1.82, 2.24) is 28.7 Å². The topological polar surface area (TPSA) is 60.4 Å². The number of pyridine rings is 2. The largest absolute Gasteiger partial charge is 0.299 e. The summed E-state index contributed by atoms with van der Waals surface area (Å²) in [5.41, 5.74) is 15.9. The fourth-order valence-electron chi connectivity index (χ4n) is 7.92. The molecule has 0 aliphatic heterocycles. The number of aromatic nitrogens is 6. The van der Waals surface area contributed by atoms with Crippen LogP contribution in [0.4, 0.5) is 0 Å². The van der Waals surface area contributed by atoms with Crippen LogP contribution in [0.15, 0.2) is 188 Å². The van der Waals surface area contributed by atoms with Crippen LogP contribution in [0.1, 0.15) is 19.4 Å². The van der Waals surface area contributed by atoms with Crippen molar-refractivity contribution in [2.45, 2.75) is 20.3 Å². The summed E-state index contributed by atoms with van der Waals surface area (Å²) < 4.78 is 4.35. The normalized spacial score (nSPS) is 11.5. The van der Waals surface area contributed by atoms with Gasteiger partial charge in [0.15, 0.2) is 5.82 Å². The van der Waals surface area contributed by atoms with Gasteiger partial charge in [-0.25, -0.2) is 19.9 Å².